The number of hydrogen-bond acceptors (Lipinski definition) is 3. The predicted octanol–water partition coefficient (Wildman–Crippen LogP) is 2.31. The van der Waals surface area contributed by atoms with Gasteiger partial charge in [-0.3, -0.25) is 4.40 Å². The van der Waals surface area contributed by atoms with Gasteiger partial charge in [-0.2, -0.15) is 0 Å². The summed E-state index contributed by atoms with van der Waals surface area (Å²) in [7, 11) is 0. The molecule has 0 aromatic carbocycles. The van der Waals surface area contributed by atoms with Crippen molar-refractivity contribution < 1.29 is 0 Å². The van der Waals surface area contributed by atoms with Crippen molar-refractivity contribution in [1.82, 2.24) is 14.7 Å². The van der Waals surface area contributed by atoms with E-state index in [0.29, 0.717) is 0 Å². The molecule has 2 aromatic rings. The molecular weight excluding hydrogens is 309 g/mol. The highest BCUT2D eigenvalue weighted by atomic mass is 127. The lowest BCUT2D eigenvalue weighted by atomic mass is 10.4. The Labute approximate surface area is 101 Å². The Morgan fingerprint density at radius 3 is 3.29 bits per heavy atom. The van der Waals surface area contributed by atoms with E-state index < -0.39 is 0 Å². The third-order valence-corrected chi connectivity index (χ3v) is 3.47. The summed E-state index contributed by atoms with van der Waals surface area (Å²) in [6.45, 7) is 1.96. The summed E-state index contributed by atoms with van der Waals surface area (Å²) in [6.07, 6.45) is 5.35. The molecule has 2 heterocycles. The molecule has 0 aliphatic carbocycles. The lowest BCUT2D eigenvalue weighted by molar-refractivity contribution is 0.672. The highest BCUT2D eigenvalue weighted by Crippen LogP contribution is 2.10. The number of imidazole rings is 1. The van der Waals surface area contributed by atoms with Crippen LogP contribution in [0.2, 0.25) is 0 Å². The van der Waals surface area contributed by atoms with E-state index in [2.05, 4.69) is 48.9 Å². The summed E-state index contributed by atoms with van der Waals surface area (Å²) in [5, 5.41) is 5.43. The summed E-state index contributed by atoms with van der Waals surface area (Å²) >= 11 is 4.07. The van der Waals surface area contributed by atoms with Gasteiger partial charge in [-0.25, -0.2) is 4.98 Å². The minimum absolute atomic E-state index is 0.880. The summed E-state index contributed by atoms with van der Waals surface area (Å²) in [4.78, 5) is 5.57. The molecule has 0 bridgehead atoms. The Morgan fingerprint density at radius 1 is 1.57 bits per heavy atom. The number of nitrogens with one attached hydrogen (secondary N) is 1. The number of fused-ring (bicyclic) bond motifs is 1. The molecular formula is C9H12IN3S. The molecule has 0 aliphatic heterocycles. The van der Waals surface area contributed by atoms with Crippen LogP contribution < -0.4 is 5.32 Å². The Hall–Kier alpha value is -0.140. The van der Waals surface area contributed by atoms with Gasteiger partial charge in [0.15, 0.2) is 4.96 Å². The molecule has 0 spiro atoms. The van der Waals surface area contributed by atoms with Crippen LogP contribution in [0.25, 0.3) is 4.96 Å². The summed E-state index contributed by atoms with van der Waals surface area (Å²) in [5.74, 6) is 0. The van der Waals surface area contributed by atoms with Crippen LogP contribution in [0.5, 0.6) is 0 Å². The van der Waals surface area contributed by atoms with E-state index >= 15 is 0 Å². The van der Waals surface area contributed by atoms with Crippen LogP contribution in [0.1, 0.15) is 12.1 Å². The number of hydrogen-bond donors (Lipinski definition) is 1. The van der Waals surface area contributed by atoms with Crippen molar-refractivity contribution in [2.75, 3.05) is 11.0 Å². The number of alkyl halides is 1. The molecule has 76 valence electrons. The zero-order valence-electron chi connectivity index (χ0n) is 7.74. The second-order valence-corrected chi connectivity index (χ2v) is 5.00. The van der Waals surface area contributed by atoms with Crippen molar-refractivity contribution in [3.05, 3.63) is 23.5 Å². The number of thiazole rings is 1. The van der Waals surface area contributed by atoms with Gasteiger partial charge in [-0.15, -0.1) is 11.3 Å². The second kappa shape index (κ2) is 5.09. The number of rotatable bonds is 5. The van der Waals surface area contributed by atoms with Crippen molar-refractivity contribution in [2.24, 2.45) is 0 Å². The average Bonchev–Trinajstić information content (AvgIpc) is 2.72. The van der Waals surface area contributed by atoms with Gasteiger partial charge in [0.05, 0.1) is 5.69 Å². The van der Waals surface area contributed by atoms with Crippen LogP contribution in [-0.4, -0.2) is 20.4 Å². The third-order valence-electron chi connectivity index (χ3n) is 1.94. The summed E-state index contributed by atoms with van der Waals surface area (Å²) in [6, 6.07) is 0. The molecule has 5 heteroatoms. The average molecular weight is 321 g/mol. The van der Waals surface area contributed by atoms with E-state index in [-0.39, 0.29) is 0 Å². The topological polar surface area (TPSA) is 29.3 Å². The largest absolute Gasteiger partial charge is 0.311 e. The van der Waals surface area contributed by atoms with Crippen LogP contribution in [0, 0.1) is 0 Å². The molecule has 14 heavy (non-hydrogen) atoms. The molecule has 0 atom stereocenters. The molecule has 0 amide bonds. The molecule has 2 rings (SSSR count). The van der Waals surface area contributed by atoms with Crippen molar-refractivity contribution in [3.63, 3.8) is 0 Å². The Kier molecular flexibility index (Phi) is 3.77. The molecule has 0 saturated carbocycles. The van der Waals surface area contributed by atoms with Crippen molar-refractivity contribution in [2.45, 2.75) is 13.0 Å². The number of halogens is 1. The minimum Gasteiger partial charge on any atom is -0.311 e. The Balaban J connectivity index is 1.89. The van der Waals surface area contributed by atoms with Gasteiger partial charge in [0.1, 0.15) is 0 Å². The van der Waals surface area contributed by atoms with Crippen LogP contribution in [-0.2, 0) is 6.54 Å². The highest BCUT2D eigenvalue weighted by Gasteiger charge is 2.00. The lowest BCUT2D eigenvalue weighted by Crippen LogP contribution is -2.15. The first-order valence-electron chi connectivity index (χ1n) is 4.58. The number of nitrogens with zero attached hydrogens (tertiary/aromatic N) is 2. The lowest BCUT2D eigenvalue weighted by Gasteiger charge is -1.98. The first-order valence-corrected chi connectivity index (χ1v) is 6.98. The summed E-state index contributed by atoms with van der Waals surface area (Å²) < 4.78 is 3.28. The zero-order chi connectivity index (χ0) is 9.80. The maximum Gasteiger partial charge on any atom is 0.193 e. The van der Waals surface area contributed by atoms with Crippen LogP contribution in [0.4, 0.5) is 0 Å². The molecule has 1 N–H and O–H groups in total. The Bertz CT molecular complexity index is 367. The zero-order valence-corrected chi connectivity index (χ0v) is 10.7. The molecule has 0 unspecified atom stereocenters. The van der Waals surface area contributed by atoms with Gasteiger partial charge in [-0.1, -0.05) is 22.6 Å². The fourth-order valence-electron chi connectivity index (χ4n) is 1.27. The minimum atomic E-state index is 0.880. The van der Waals surface area contributed by atoms with Gasteiger partial charge >= 0.3 is 0 Å². The van der Waals surface area contributed by atoms with E-state index in [1.54, 1.807) is 11.3 Å². The SMILES string of the molecule is ICCCNCc1cn2ccsc2n1. The highest BCUT2D eigenvalue weighted by molar-refractivity contribution is 14.1. The smallest absolute Gasteiger partial charge is 0.193 e. The van der Waals surface area contributed by atoms with Crippen LogP contribution in [0.3, 0.4) is 0 Å². The van der Waals surface area contributed by atoms with Gasteiger partial charge in [0, 0.05) is 28.7 Å². The maximum atomic E-state index is 4.49. The molecule has 2 aromatic heterocycles. The van der Waals surface area contributed by atoms with Crippen LogP contribution >= 0.6 is 33.9 Å². The maximum absolute atomic E-state index is 4.49. The molecule has 0 saturated heterocycles. The van der Waals surface area contributed by atoms with Crippen molar-refractivity contribution >= 4 is 38.9 Å². The molecule has 0 aliphatic rings. The van der Waals surface area contributed by atoms with Crippen molar-refractivity contribution in [3.8, 4) is 0 Å². The van der Waals surface area contributed by atoms with Gasteiger partial charge in [0.25, 0.3) is 0 Å². The van der Waals surface area contributed by atoms with Gasteiger partial charge in [-0.05, 0) is 13.0 Å². The second-order valence-electron chi connectivity index (χ2n) is 3.04. The first kappa shape index (κ1) is 10.4. The predicted molar refractivity (Wildman–Crippen MR) is 68.3 cm³/mol. The quantitative estimate of drug-likeness (QED) is 0.520. The Morgan fingerprint density at radius 2 is 2.50 bits per heavy atom. The van der Waals surface area contributed by atoms with Crippen LogP contribution in [0.15, 0.2) is 17.8 Å². The summed E-state index contributed by atoms with van der Waals surface area (Å²) in [5.41, 5.74) is 1.13. The van der Waals surface area contributed by atoms with E-state index in [9.17, 15) is 0 Å². The molecule has 3 nitrogen and oxygen atoms in total. The van der Waals surface area contributed by atoms with E-state index in [1.165, 1.54) is 10.8 Å². The fraction of sp³-hybridized carbons (Fsp3) is 0.444. The molecule has 0 radical (unpaired) electrons. The fourth-order valence-corrected chi connectivity index (χ4v) is 2.37. The van der Waals surface area contributed by atoms with Gasteiger partial charge in [0.2, 0.25) is 0 Å². The normalized spacial score (nSPS) is 11.2. The first-order chi connectivity index (χ1) is 6.90. The van der Waals surface area contributed by atoms with E-state index in [0.717, 1.165) is 23.7 Å². The monoisotopic (exact) mass is 321 g/mol. The molecule has 0 fully saturated rings. The number of aromatic nitrogens is 2. The third kappa shape index (κ3) is 2.46. The van der Waals surface area contributed by atoms with Gasteiger partial charge < -0.3 is 5.32 Å². The van der Waals surface area contributed by atoms with E-state index in [1.807, 2.05) is 6.20 Å². The van der Waals surface area contributed by atoms with Crippen molar-refractivity contribution in [1.29, 1.82) is 0 Å². The standard InChI is InChI=1S/C9H12IN3S/c10-2-1-3-11-6-8-7-13-4-5-14-9(13)12-8/h4-5,7,11H,1-3,6H2. The van der Waals surface area contributed by atoms with E-state index in [4.69, 9.17) is 0 Å².